The van der Waals surface area contributed by atoms with E-state index in [0.717, 1.165) is 19.4 Å². The van der Waals surface area contributed by atoms with Crippen molar-refractivity contribution >= 4 is 5.97 Å². The van der Waals surface area contributed by atoms with E-state index < -0.39 is 11.6 Å². The highest BCUT2D eigenvalue weighted by Gasteiger charge is 2.32. The number of esters is 1. The lowest BCUT2D eigenvalue weighted by Crippen LogP contribution is -2.43. The van der Waals surface area contributed by atoms with Gasteiger partial charge in [-0.1, -0.05) is 19.4 Å². The molecule has 0 saturated carbocycles. The Morgan fingerprint density at radius 1 is 1.33 bits per heavy atom. The molecule has 1 heterocycles. The Labute approximate surface area is 123 Å². The van der Waals surface area contributed by atoms with E-state index in [1.54, 1.807) is 0 Å². The molecule has 0 aromatic heterocycles. The predicted molar refractivity (Wildman–Crippen MR) is 75.5 cm³/mol. The third-order valence-electron chi connectivity index (χ3n) is 4.17. The van der Waals surface area contributed by atoms with E-state index in [1.807, 2.05) is 4.90 Å². The van der Waals surface area contributed by atoms with Crippen molar-refractivity contribution < 1.29 is 18.3 Å². The zero-order valence-electron chi connectivity index (χ0n) is 12.4. The van der Waals surface area contributed by atoms with Gasteiger partial charge in [-0.25, -0.2) is 8.78 Å². The number of methoxy groups -OCH3 is 1. The Hall–Kier alpha value is -1.49. The number of likely N-dealkylation sites (tertiary alicyclic amines) is 1. The summed E-state index contributed by atoms with van der Waals surface area (Å²) in [7, 11) is 1.37. The predicted octanol–water partition coefficient (Wildman–Crippen LogP) is 2.99. The number of carbonyl (C=O) groups is 1. The van der Waals surface area contributed by atoms with Crippen molar-refractivity contribution in [2.75, 3.05) is 20.2 Å². The highest BCUT2D eigenvalue weighted by Crippen LogP contribution is 2.27. The molecular formula is C16H21F2NO2. The first-order chi connectivity index (χ1) is 10.0. The second-order valence-electron chi connectivity index (χ2n) is 5.62. The number of nitrogens with zero attached hydrogens (tertiary/aromatic N) is 1. The summed E-state index contributed by atoms with van der Waals surface area (Å²) in [6, 6.07) is 3.88. The third-order valence-corrected chi connectivity index (χ3v) is 4.17. The van der Waals surface area contributed by atoms with Gasteiger partial charge >= 0.3 is 5.97 Å². The fourth-order valence-electron chi connectivity index (χ4n) is 2.97. The molecule has 1 aromatic rings. The topological polar surface area (TPSA) is 29.5 Å². The van der Waals surface area contributed by atoms with Gasteiger partial charge in [-0.15, -0.1) is 0 Å². The largest absolute Gasteiger partial charge is 0.469 e. The van der Waals surface area contributed by atoms with Crippen LogP contribution < -0.4 is 0 Å². The quantitative estimate of drug-likeness (QED) is 0.800. The van der Waals surface area contributed by atoms with Crippen LogP contribution in [-0.2, 0) is 16.1 Å². The van der Waals surface area contributed by atoms with Gasteiger partial charge in [0.15, 0.2) is 0 Å². The second-order valence-corrected chi connectivity index (χ2v) is 5.62. The number of piperidine rings is 1. The number of benzene rings is 1. The summed E-state index contributed by atoms with van der Waals surface area (Å²) in [5.41, 5.74) is 0.0675. The Bertz CT molecular complexity index is 487. The number of halogens is 2. The molecule has 21 heavy (non-hydrogen) atoms. The number of hydrogen-bond donors (Lipinski definition) is 0. The van der Waals surface area contributed by atoms with E-state index in [0.29, 0.717) is 12.5 Å². The first kappa shape index (κ1) is 15.9. The average molecular weight is 297 g/mol. The molecule has 1 saturated heterocycles. The molecule has 2 atom stereocenters. The molecule has 0 aliphatic carbocycles. The summed E-state index contributed by atoms with van der Waals surface area (Å²) in [6.07, 6.45) is 1.71. The molecule has 1 fully saturated rings. The van der Waals surface area contributed by atoms with Gasteiger partial charge in [0.25, 0.3) is 0 Å². The SMILES string of the molecule is CCC1CC(C(=O)OC)CN(Cc2c(F)cccc2F)C1. The fraction of sp³-hybridized carbons (Fsp3) is 0.562. The summed E-state index contributed by atoms with van der Waals surface area (Å²) in [6.45, 7) is 3.48. The second kappa shape index (κ2) is 6.98. The van der Waals surface area contributed by atoms with Crippen LogP contribution in [0.1, 0.15) is 25.3 Å². The number of ether oxygens (including phenoxy) is 1. The van der Waals surface area contributed by atoms with Gasteiger partial charge in [-0.3, -0.25) is 9.69 Å². The van der Waals surface area contributed by atoms with Crippen molar-refractivity contribution in [2.24, 2.45) is 11.8 Å². The van der Waals surface area contributed by atoms with Crippen LogP contribution in [0.5, 0.6) is 0 Å². The lowest BCUT2D eigenvalue weighted by atomic mass is 9.87. The van der Waals surface area contributed by atoms with Crippen LogP contribution in [0.25, 0.3) is 0 Å². The van der Waals surface area contributed by atoms with E-state index in [1.165, 1.54) is 25.3 Å². The highest BCUT2D eigenvalue weighted by atomic mass is 19.1. The molecule has 1 aliphatic rings. The first-order valence-corrected chi connectivity index (χ1v) is 7.28. The van der Waals surface area contributed by atoms with E-state index >= 15 is 0 Å². The van der Waals surface area contributed by atoms with Gasteiger partial charge in [0.05, 0.1) is 13.0 Å². The monoisotopic (exact) mass is 297 g/mol. The Balaban J connectivity index is 2.13. The number of carbonyl (C=O) groups excluding carboxylic acids is 1. The van der Waals surface area contributed by atoms with E-state index in [2.05, 4.69) is 6.92 Å². The van der Waals surface area contributed by atoms with Crippen LogP contribution in [0.15, 0.2) is 18.2 Å². The zero-order valence-corrected chi connectivity index (χ0v) is 12.4. The molecule has 0 N–H and O–H groups in total. The third kappa shape index (κ3) is 3.79. The minimum Gasteiger partial charge on any atom is -0.469 e. The smallest absolute Gasteiger partial charge is 0.309 e. The minimum atomic E-state index is -0.539. The molecular weight excluding hydrogens is 276 g/mol. The molecule has 0 amide bonds. The minimum absolute atomic E-state index is 0.0675. The Morgan fingerprint density at radius 2 is 2.00 bits per heavy atom. The first-order valence-electron chi connectivity index (χ1n) is 7.28. The van der Waals surface area contributed by atoms with Crippen LogP contribution in [0.2, 0.25) is 0 Å². The van der Waals surface area contributed by atoms with Crippen LogP contribution in [0.3, 0.4) is 0 Å². The van der Waals surface area contributed by atoms with Crippen molar-refractivity contribution in [3.8, 4) is 0 Å². The van der Waals surface area contributed by atoms with Gasteiger partial charge in [-0.05, 0) is 24.5 Å². The van der Waals surface area contributed by atoms with Gasteiger partial charge in [0.2, 0.25) is 0 Å². The Kier molecular flexibility index (Phi) is 5.28. The normalized spacial score (nSPS) is 23.0. The van der Waals surface area contributed by atoms with E-state index in [9.17, 15) is 13.6 Å². The summed E-state index contributed by atoms with van der Waals surface area (Å²) in [4.78, 5) is 13.7. The molecule has 1 aromatic carbocycles. The van der Waals surface area contributed by atoms with Crippen molar-refractivity contribution in [1.82, 2.24) is 4.90 Å². The molecule has 2 unspecified atom stereocenters. The van der Waals surface area contributed by atoms with Gasteiger partial charge in [0.1, 0.15) is 11.6 Å². The van der Waals surface area contributed by atoms with Crippen molar-refractivity contribution in [3.63, 3.8) is 0 Å². The average Bonchev–Trinajstić information content (AvgIpc) is 2.50. The van der Waals surface area contributed by atoms with Crippen molar-refractivity contribution in [1.29, 1.82) is 0 Å². The standard InChI is InChI=1S/C16H21F2NO2/c1-3-11-7-12(16(20)21-2)9-19(8-11)10-13-14(17)5-4-6-15(13)18/h4-6,11-12H,3,7-10H2,1-2H3. The summed E-state index contributed by atoms with van der Waals surface area (Å²) in [5.74, 6) is -1.19. The molecule has 5 heteroatoms. The number of rotatable bonds is 4. The van der Waals surface area contributed by atoms with Crippen LogP contribution in [0, 0.1) is 23.5 Å². The fourth-order valence-corrected chi connectivity index (χ4v) is 2.97. The maximum Gasteiger partial charge on any atom is 0.309 e. The van der Waals surface area contributed by atoms with Crippen molar-refractivity contribution in [3.05, 3.63) is 35.4 Å². The van der Waals surface area contributed by atoms with E-state index in [-0.39, 0.29) is 24.0 Å². The lowest BCUT2D eigenvalue weighted by molar-refractivity contribution is -0.148. The van der Waals surface area contributed by atoms with Crippen molar-refractivity contribution in [2.45, 2.75) is 26.3 Å². The lowest BCUT2D eigenvalue weighted by Gasteiger charge is -2.36. The van der Waals surface area contributed by atoms with Gasteiger partial charge < -0.3 is 4.74 Å². The summed E-state index contributed by atoms with van der Waals surface area (Å²) < 4.78 is 32.3. The summed E-state index contributed by atoms with van der Waals surface area (Å²) in [5, 5.41) is 0. The molecule has 2 rings (SSSR count). The highest BCUT2D eigenvalue weighted by molar-refractivity contribution is 5.72. The zero-order chi connectivity index (χ0) is 15.4. The molecule has 0 radical (unpaired) electrons. The molecule has 3 nitrogen and oxygen atoms in total. The van der Waals surface area contributed by atoms with Crippen LogP contribution in [-0.4, -0.2) is 31.1 Å². The number of hydrogen-bond acceptors (Lipinski definition) is 3. The molecule has 1 aliphatic heterocycles. The Morgan fingerprint density at radius 3 is 2.57 bits per heavy atom. The molecule has 0 spiro atoms. The molecule has 0 bridgehead atoms. The summed E-state index contributed by atoms with van der Waals surface area (Å²) >= 11 is 0. The van der Waals surface area contributed by atoms with Gasteiger partial charge in [-0.2, -0.15) is 0 Å². The van der Waals surface area contributed by atoms with Crippen LogP contribution in [0.4, 0.5) is 8.78 Å². The maximum absolute atomic E-state index is 13.7. The van der Waals surface area contributed by atoms with E-state index in [4.69, 9.17) is 4.74 Å². The molecule has 116 valence electrons. The maximum atomic E-state index is 13.7. The van der Waals surface area contributed by atoms with Crippen LogP contribution >= 0.6 is 0 Å². The van der Waals surface area contributed by atoms with Gasteiger partial charge in [0, 0.05) is 25.2 Å².